The van der Waals surface area contributed by atoms with Gasteiger partial charge in [0.2, 0.25) is 0 Å². The Morgan fingerprint density at radius 3 is 2.54 bits per heavy atom. The maximum absolute atomic E-state index is 9.96. The summed E-state index contributed by atoms with van der Waals surface area (Å²) in [5, 5.41) is 9.96. The first-order chi connectivity index (χ1) is 11.3. The summed E-state index contributed by atoms with van der Waals surface area (Å²) < 4.78 is 5.74. The summed E-state index contributed by atoms with van der Waals surface area (Å²) in [6.07, 6.45) is 6.33. The van der Waals surface area contributed by atoms with Crippen LogP contribution in [0.2, 0.25) is 0 Å². The first-order valence-corrected chi connectivity index (χ1v) is 9.60. The zero-order chi connectivity index (χ0) is 17.7. The van der Waals surface area contributed by atoms with Crippen LogP contribution in [0.5, 0.6) is 5.75 Å². The molecular weight excluding hydrogens is 296 g/mol. The van der Waals surface area contributed by atoms with Gasteiger partial charge in [-0.05, 0) is 65.5 Å². The quantitative estimate of drug-likeness (QED) is 0.810. The van der Waals surface area contributed by atoms with Crippen molar-refractivity contribution in [3.05, 3.63) is 28.3 Å². The van der Waals surface area contributed by atoms with Crippen molar-refractivity contribution in [1.29, 1.82) is 0 Å². The maximum Gasteiger partial charge on any atom is 0.128 e. The van der Waals surface area contributed by atoms with Gasteiger partial charge in [0.15, 0.2) is 0 Å². The highest BCUT2D eigenvalue weighted by Gasteiger charge is 2.50. The molecule has 0 bridgehead atoms. The lowest BCUT2D eigenvalue weighted by Crippen LogP contribution is -2.48. The highest BCUT2D eigenvalue weighted by atomic mass is 16.5. The fourth-order valence-electron chi connectivity index (χ4n) is 5.97. The third-order valence-corrected chi connectivity index (χ3v) is 6.98. The van der Waals surface area contributed by atoms with Gasteiger partial charge in [0.05, 0.1) is 13.7 Å². The summed E-state index contributed by atoms with van der Waals surface area (Å²) in [5.41, 5.74) is 5.94. The molecule has 1 N–H and O–H groups in total. The zero-order valence-corrected chi connectivity index (χ0v) is 16.3. The van der Waals surface area contributed by atoms with Crippen molar-refractivity contribution in [1.82, 2.24) is 0 Å². The monoisotopic (exact) mass is 330 g/mol. The zero-order valence-electron chi connectivity index (χ0n) is 16.3. The molecule has 0 aliphatic heterocycles. The van der Waals surface area contributed by atoms with Crippen molar-refractivity contribution in [3.63, 3.8) is 0 Å². The van der Waals surface area contributed by atoms with E-state index in [4.69, 9.17) is 4.74 Å². The van der Waals surface area contributed by atoms with E-state index in [9.17, 15) is 5.11 Å². The van der Waals surface area contributed by atoms with E-state index in [0.717, 1.165) is 23.7 Å². The molecule has 24 heavy (non-hydrogen) atoms. The second-order valence-electron chi connectivity index (χ2n) is 9.17. The molecule has 1 aromatic carbocycles. The summed E-state index contributed by atoms with van der Waals surface area (Å²) in [4.78, 5) is 0. The van der Waals surface area contributed by atoms with Crippen LogP contribution in [-0.2, 0) is 18.4 Å². The van der Waals surface area contributed by atoms with Crippen LogP contribution in [0.25, 0.3) is 0 Å². The minimum absolute atomic E-state index is 0.0559. The summed E-state index contributed by atoms with van der Waals surface area (Å²) in [6, 6.07) is 2.27. The number of hydrogen-bond acceptors (Lipinski definition) is 2. The predicted molar refractivity (Wildman–Crippen MR) is 99.8 cm³/mol. The molecule has 2 aliphatic rings. The third kappa shape index (κ3) is 2.49. The number of aliphatic hydroxyl groups excluding tert-OH is 1. The summed E-state index contributed by atoms with van der Waals surface area (Å²) in [7, 11) is 1.74. The van der Waals surface area contributed by atoms with E-state index in [-0.39, 0.29) is 12.0 Å². The van der Waals surface area contributed by atoms with Gasteiger partial charge in [-0.25, -0.2) is 0 Å². The number of rotatable bonds is 3. The second-order valence-corrected chi connectivity index (χ2v) is 9.17. The lowest BCUT2D eigenvalue weighted by molar-refractivity contribution is 0.0403. The first kappa shape index (κ1) is 17.8. The lowest BCUT2D eigenvalue weighted by atomic mass is 9.50. The Balaban J connectivity index is 2.25. The van der Waals surface area contributed by atoms with Crippen LogP contribution >= 0.6 is 0 Å². The number of ether oxygens (including phenoxy) is 1. The molecule has 0 spiro atoms. The lowest BCUT2D eigenvalue weighted by Gasteiger charge is -2.55. The van der Waals surface area contributed by atoms with E-state index in [0.29, 0.717) is 11.3 Å². The van der Waals surface area contributed by atoms with Gasteiger partial charge in [-0.1, -0.05) is 41.0 Å². The molecule has 1 saturated carbocycles. The molecule has 0 unspecified atom stereocenters. The standard InChI is InChI=1S/C22H34O2/c1-14(2)19-16-8-9-18-21(3,4)10-7-11-22(18,5)17(16)12-15(13-23)20(19)24-6/h12,14,18,23H,7-11,13H2,1-6H3/t18-,22+/m0/s1. The number of hydrogen-bond donors (Lipinski definition) is 1. The summed E-state index contributed by atoms with van der Waals surface area (Å²) in [6.45, 7) is 11.9. The Hall–Kier alpha value is -1.02. The summed E-state index contributed by atoms with van der Waals surface area (Å²) in [5.74, 6) is 2.06. The molecule has 2 heteroatoms. The van der Waals surface area contributed by atoms with Crippen LogP contribution in [0.4, 0.5) is 0 Å². The van der Waals surface area contributed by atoms with Crippen LogP contribution in [0.15, 0.2) is 6.07 Å². The number of aliphatic hydroxyl groups is 1. The van der Waals surface area contributed by atoms with Crippen molar-refractivity contribution in [2.45, 2.75) is 84.7 Å². The van der Waals surface area contributed by atoms with Gasteiger partial charge >= 0.3 is 0 Å². The van der Waals surface area contributed by atoms with Gasteiger partial charge in [0.1, 0.15) is 5.75 Å². The van der Waals surface area contributed by atoms with Crippen LogP contribution in [0, 0.1) is 11.3 Å². The van der Waals surface area contributed by atoms with E-state index in [1.54, 1.807) is 7.11 Å². The molecule has 2 aliphatic carbocycles. The van der Waals surface area contributed by atoms with Crippen LogP contribution in [0.3, 0.4) is 0 Å². The highest BCUT2D eigenvalue weighted by molar-refractivity contribution is 5.55. The van der Waals surface area contributed by atoms with Gasteiger partial charge in [-0.2, -0.15) is 0 Å². The van der Waals surface area contributed by atoms with Crippen molar-refractivity contribution in [2.75, 3.05) is 7.11 Å². The van der Waals surface area contributed by atoms with E-state index >= 15 is 0 Å². The minimum Gasteiger partial charge on any atom is -0.496 e. The molecule has 134 valence electrons. The third-order valence-electron chi connectivity index (χ3n) is 6.98. The van der Waals surface area contributed by atoms with E-state index in [2.05, 4.69) is 40.7 Å². The first-order valence-electron chi connectivity index (χ1n) is 9.60. The fourth-order valence-corrected chi connectivity index (χ4v) is 5.97. The minimum atomic E-state index is 0.0559. The summed E-state index contributed by atoms with van der Waals surface area (Å²) >= 11 is 0. The normalized spacial score (nSPS) is 28.4. The Morgan fingerprint density at radius 1 is 1.25 bits per heavy atom. The SMILES string of the molecule is COc1c(CO)cc2c(c1C(C)C)CC[C@H]1C(C)(C)CCC[C@]21C. The van der Waals surface area contributed by atoms with Crippen molar-refractivity contribution in [3.8, 4) is 5.75 Å². The Morgan fingerprint density at radius 2 is 1.96 bits per heavy atom. The van der Waals surface area contributed by atoms with Crippen molar-refractivity contribution in [2.24, 2.45) is 11.3 Å². The molecule has 1 aromatic rings. The van der Waals surface area contributed by atoms with E-state index in [1.165, 1.54) is 42.4 Å². The second kappa shape index (κ2) is 6.05. The number of methoxy groups -OCH3 is 1. The average molecular weight is 331 g/mol. The molecule has 0 saturated heterocycles. The van der Waals surface area contributed by atoms with Crippen LogP contribution in [-0.4, -0.2) is 12.2 Å². The highest BCUT2D eigenvalue weighted by Crippen LogP contribution is 2.58. The smallest absolute Gasteiger partial charge is 0.128 e. The molecular formula is C22H34O2. The largest absolute Gasteiger partial charge is 0.496 e. The Labute approximate surface area is 147 Å². The van der Waals surface area contributed by atoms with Crippen molar-refractivity contribution >= 4 is 0 Å². The molecule has 0 radical (unpaired) electrons. The van der Waals surface area contributed by atoms with Crippen LogP contribution < -0.4 is 4.74 Å². The maximum atomic E-state index is 9.96. The van der Waals surface area contributed by atoms with E-state index in [1.807, 2.05) is 0 Å². The van der Waals surface area contributed by atoms with Gasteiger partial charge in [0, 0.05) is 11.1 Å². The van der Waals surface area contributed by atoms with Gasteiger partial charge in [-0.3, -0.25) is 0 Å². The van der Waals surface area contributed by atoms with Crippen molar-refractivity contribution < 1.29 is 9.84 Å². The Bertz CT molecular complexity index is 629. The Kier molecular flexibility index (Phi) is 4.49. The van der Waals surface area contributed by atoms with Crippen LogP contribution in [0.1, 0.15) is 88.5 Å². The van der Waals surface area contributed by atoms with Gasteiger partial charge in [0.25, 0.3) is 0 Å². The van der Waals surface area contributed by atoms with Gasteiger partial charge < -0.3 is 9.84 Å². The number of benzene rings is 1. The molecule has 0 amide bonds. The molecule has 1 fully saturated rings. The number of fused-ring (bicyclic) bond motifs is 3. The topological polar surface area (TPSA) is 29.5 Å². The van der Waals surface area contributed by atoms with Gasteiger partial charge in [-0.15, -0.1) is 0 Å². The molecule has 2 nitrogen and oxygen atoms in total. The predicted octanol–water partition coefficient (Wildman–Crippen LogP) is 5.34. The molecule has 2 atom stereocenters. The molecule has 3 rings (SSSR count). The molecule has 0 aromatic heterocycles. The van der Waals surface area contributed by atoms with E-state index < -0.39 is 0 Å². The fraction of sp³-hybridized carbons (Fsp3) is 0.727. The molecule has 0 heterocycles. The average Bonchev–Trinajstić information content (AvgIpc) is 2.51.